The SMILES string of the molecule is CC1(CN2C(=O)S/C(=C\c3ccc(NS(=O)(=O)c4ccc([N+](=O)[O-])c(C(F)(F)F)c4)cc3)C2=O)CCCCC1. The van der Waals surface area contributed by atoms with Gasteiger partial charge in [0.05, 0.1) is 14.7 Å². The molecule has 14 heteroatoms. The third-order valence-electron chi connectivity index (χ3n) is 6.72. The lowest BCUT2D eigenvalue weighted by Gasteiger charge is -2.35. The van der Waals surface area contributed by atoms with Crippen LogP contribution in [0.2, 0.25) is 0 Å². The van der Waals surface area contributed by atoms with Crippen molar-refractivity contribution in [2.24, 2.45) is 5.41 Å². The normalized spacial score (nSPS) is 19.0. The van der Waals surface area contributed by atoms with Crippen molar-refractivity contribution in [3.63, 3.8) is 0 Å². The predicted octanol–water partition coefficient (Wildman–Crippen LogP) is 6.42. The molecule has 9 nitrogen and oxygen atoms in total. The maximum absolute atomic E-state index is 13.3. The van der Waals surface area contributed by atoms with E-state index in [4.69, 9.17) is 0 Å². The van der Waals surface area contributed by atoms with Crippen LogP contribution in [-0.4, -0.2) is 35.9 Å². The Morgan fingerprint density at radius 1 is 1.10 bits per heavy atom. The van der Waals surface area contributed by atoms with Gasteiger partial charge in [-0.3, -0.25) is 29.3 Å². The maximum Gasteiger partial charge on any atom is 0.423 e. The van der Waals surface area contributed by atoms with E-state index in [2.05, 4.69) is 11.6 Å². The molecule has 1 aliphatic carbocycles. The summed E-state index contributed by atoms with van der Waals surface area (Å²) >= 11 is 0.829. The van der Waals surface area contributed by atoms with Crippen molar-refractivity contribution in [3.8, 4) is 0 Å². The second-order valence-corrected chi connectivity index (χ2v) is 12.5. The largest absolute Gasteiger partial charge is 0.423 e. The summed E-state index contributed by atoms with van der Waals surface area (Å²) in [4.78, 5) is 35.8. The minimum Gasteiger partial charge on any atom is -0.280 e. The van der Waals surface area contributed by atoms with Gasteiger partial charge in [-0.25, -0.2) is 8.42 Å². The molecule has 1 heterocycles. The van der Waals surface area contributed by atoms with Crippen LogP contribution in [0.1, 0.15) is 50.2 Å². The standard InChI is InChI=1S/C25H24F3N3O6S2/c1-24(11-3-2-4-12-24)15-30-22(32)21(38-23(30)33)13-16-5-7-17(8-6-16)29-39(36,37)18-9-10-20(31(34)35)19(14-18)25(26,27)28/h5-10,13-14,29H,2-4,11-12,15H2,1H3/b21-13-. The van der Waals surface area contributed by atoms with Crippen molar-refractivity contribution in [3.05, 3.63) is 68.6 Å². The number of carbonyl (C=O) groups excluding carboxylic acids is 2. The zero-order valence-electron chi connectivity index (χ0n) is 20.7. The molecule has 1 saturated carbocycles. The first-order chi connectivity index (χ1) is 18.2. The van der Waals surface area contributed by atoms with Gasteiger partial charge in [-0.15, -0.1) is 0 Å². The third kappa shape index (κ3) is 6.44. The Bertz CT molecular complexity index is 1450. The minimum absolute atomic E-state index is 0.0115. The van der Waals surface area contributed by atoms with E-state index >= 15 is 0 Å². The van der Waals surface area contributed by atoms with Gasteiger partial charge in [0.15, 0.2) is 0 Å². The molecule has 39 heavy (non-hydrogen) atoms. The fourth-order valence-corrected chi connectivity index (χ4v) is 6.59. The van der Waals surface area contributed by atoms with Crippen LogP contribution in [0, 0.1) is 15.5 Å². The van der Waals surface area contributed by atoms with Gasteiger partial charge in [-0.2, -0.15) is 13.2 Å². The molecule has 4 rings (SSSR count). The molecule has 0 bridgehead atoms. The van der Waals surface area contributed by atoms with Crippen molar-refractivity contribution in [1.82, 2.24) is 4.90 Å². The van der Waals surface area contributed by atoms with E-state index in [0.717, 1.165) is 43.9 Å². The molecule has 0 unspecified atom stereocenters. The quantitative estimate of drug-likeness (QED) is 0.226. The zero-order valence-corrected chi connectivity index (χ0v) is 22.3. The van der Waals surface area contributed by atoms with Gasteiger partial charge >= 0.3 is 6.18 Å². The van der Waals surface area contributed by atoms with Crippen LogP contribution in [-0.2, 0) is 21.0 Å². The molecule has 2 aromatic rings. The topological polar surface area (TPSA) is 127 Å². The van der Waals surface area contributed by atoms with Gasteiger partial charge in [0.1, 0.15) is 5.56 Å². The summed E-state index contributed by atoms with van der Waals surface area (Å²) in [5.74, 6) is -0.389. The van der Waals surface area contributed by atoms with Gasteiger partial charge in [-0.1, -0.05) is 38.3 Å². The Labute approximate surface area is 226 Å². The number of halogens is 3. The molecule has 0 atom stereocenters. The molecule has 0 radical (unpaired) electrons. The smallest absolute Gasteiger partial charge is 0.280 e. The number of hydrogen-bond acceptors (Lipinski definition) is 7. The fraction of sp³-hybridized carbons (Fsp3) is 0.360. The van der Waals surface area contributed by atoms with Crippen LogP contribution < -0.4 is 4.72 Å². The molecule has 2 fully saturated rings. The number of benzene rings is 2. The summed E-state index contributed by atoms with van der Waals surface area (Å²) in [6.45, 7) is 2.44. The molecule has 0 aromatic heterocycles. The predicted molar refractivity (Wildman–Crippen MR) is 139 cm³/mol. The van der Waals surface area contributed by atoms with Gasteiger partial charge in [0.25, 0.3) is 26.9 Å². The highest BCUT2D eigenvalue weighted by molar-refractivity contribution is 8.18. The Balaban J connectivity index is 1.49. The van der Waals surface area contributed by atoms with E-state index < -0.39 is 37.3 Å². The highest BCUT2D eigenvalue weighted by atomic mass is 32.2. The third-order valence-corrected chi connectivity index (χ3v) is 9.00. The Morgan fingerprint density at radius 2 is 1.74 bits per heavy atom. The van der Waals surface area contributed by atoms with Crippen LogP contribution in [0.3, 0.4) is 0 Å². The monoisotopic (exact) mass is 583 g/mol. The summed E-state index contributed by atoms with van der Waals surface area (Å²) < 4.78 is 67.3. The Kier molecular flexibility index (Phi) is 7.81. The number of nitro benzene ring substituents is 1. The number of carbonyl (C=O) groups is 2. The van der Waals surface area contributed by atoms with E-state index in [1.807, 2.05) is 0 Å². The maximum atomic E-state index is 13.3. The lowest BCUT2D eigenvalue weighted by atomic mass is 9.75. The zero-order chi connectivity index (χ0) is 28.6. The molecule has 2 amide bonds. The van der Waals surface area contributed by atoms with E-state index in [9.17, 15) is 41.3 Å². The van der Waals surface area contributed by atoms with Crippen LogP contribution >= 0.6 is 11.8 Å². The van der Waals surface area contributed by atoms with Gasteiger partial charge in [0, 0.05) is 18.3 Å². The van der Waals surface area contributed by atoms with Crippen molar-refractivity contribution >= 4 is 50.4 Å². The average Bonchev–Trinajstić information content (AvgIpc) is 3.11. The van der Waals surface area contributed by atoms with Crippen LogP contribution in [0.25, 0.3) is 6.08 Å². The van der Waals surface area contributed by atoms with E-state index in [1.165, 1.54) is 35.2 Å². The van der Waals surface area contributed by atoms with E-state index in [0.29, 0.717) is 24.2 Å². The number of hydrogen-bond donors (Lipinski definition) is 1. The Morgan fingerprint density at radius 3 is 2.33 bits per heavy atom. The summed E-state index contributed by atoms with van der Waals surface area (Å²) in [6, 6.07) is 7.05. The number of nitrogens with zero attached hydrogens (tertiary/aromatic N) is 2. The second-order valence-electron chi connectivity index (χ2n) is 9.80. The van der Waals surface area contributed by atoms with E-state index in [-0.39, 0.29) is 33.2 Å². The summed E-state index contributed by atoms with van der Waals surface area (Å²) in [5, 5.41) is 10.6. The highest BCUT2D eigenvalue weighted by Gasteiger charge is 2.41. The first-order valence-electron chi connectivity index (χ1n) is 11.9. The molecule has 1 aliphatic heterocycles. The van der Waals surface area contributed by atoms with Gasteiger partial charge in [-0.05, 0) is 65.9 Å². The van der Waals surface area contributed by atoms with Crippen molar-refractivity contribution < 1.29 is 36.1 Å². The number of imide groups is 1. The number of amides is 2. The van der Waals surface area contributed by atoms with Crippen molar-refractivity contribution in [2.75, 3.05) is 11.3 Å². The summed E-state index contributed by atoms with van der Waals surface area (Å²) in [5.41, 5.74) is -2.54. The van der Waals surface area contributed by atoms with Crippen LogP contribution in [0.15, 0.2) is 52.3 Å². The molecular formula is C25H24F3N3O6S2. The number of nitrogens with one attached hydrogen (secondary N) is 1. The molecule has 1 saturated heterocycles. The molecule has 1 N–H and O–H groups in total. The van der Waals surface area contributed by atoms with Crippen LogP contribution in [0.5, 0.6) is 0 Å². The number of sulfonamides is 1. The first kappa shape index (κ1) is 28.6. The minimum atomic E-state index is -5.14. The lowest BCUT2D eigenvalue weighted by Crippen LogP contribution is -2.39. The Hall–Kier alpha value is -3.39. The number of rotatable bonds is 7. The molecular weight excluding hydrogens is 559 g/mol. The summed E-state index contributed by atoms with van der Waals surface area (Å²) in [7, 11) is -4.51. The molecule has 208 valence electrons. The second kappa shape index (κ2) is 10.6. The van der Waals surface area contributed by atoms with Crippen molar-refractivity contribution in [2.45, 2.75) is 50.1 Å². The lowest BCUT2D eigenvalue weighted by molar-refractivity contribution is -0.388. The highest BCUT2D eigenvalue weighted by Crippen LogP contribution is 2.41. The van der Waals surface area contributed by atoms with Crippen LogP contribution in [0.4, 0.5) is 29.3 Å². The molecule has 2 aromatic carbocycles. The fourth-order valence-electron chi connectivity index (χ4n) is 4.66. The molecule has 0 spiro atoms. The number of nitro groups is 1. The number of thioether (sulfide) groups is 1. The van der Waals surface area contributed by atoms with Crippen molar-refractivity contribution in [1.29, 1.82) is 0 Å². The number of anilines is 1. The average molecular weight is 584 g/mol. The number of alkyl halides is 3. The summed E-state index contributed by atoms with van der Waals surface area (Å²) in [6.07, 6.45) is 1.54. The first-order valence-corrected chi connectivity index (χ1v) is 14.2. The van der Waals surface area contributed by atoms with E-state index in [1.54, 1.807) is 0 Å². The molecule has 2 aliphatic rings. The van der Waals surface area contributed by atoms with Gasteiger partial charge in [0.2, 0.25) is 0 Å². The van der Waals surface area contributed by atoms with Gasteiger partial charge < -0.3 is 0 Å².